The van der Waals surface area contributed by atoms with Crippen molar-refractivity contribution in [3.8, 4) is 0 Å². The maximum Gasteiger partial charge on any atom is 0.270 e. The summed E-state index contributed by atoms with van der Waals surface area (Å²) in [5.74, 6) is -0.214. The van der Waals surface area contributed by atoms with Crippen molar-refractivity contribution < 1.29 is 9.59 Å². The molecule has 1 fully saturated rings. The number of benzene rings is 2. The number of nitrogens with zero attached hydrogens (tertiary/aromatic N) is 2. The molecular formula is C24H27N5O2. The highest BCUT2D eigenvalue weighted by atomic mass is 16.2. The van der Waals surface area contributed by atoms with E-state index in [9.17, 15) is 9.59 Å². The molecule has 2 aromatic carbocycles. The van der Waals surface area contributed by atoms with Gasteiger partial charge in [-0.15, -0.1) is 0 Å². The Morgan fingerprint density at radius 2 is 1.84 bits per heavy atom. The summed E-state index contributed by atoms with van der Waals surface area (Å²) >= 11 is 0. The number of anilines is 1. The van der Waals surface area contributed by atoms with Gasteiger partial charge in [0.05, 0.1) is 10.9 Å². The van der Waals surface area contributed by atoms with Crippen LogP contribution in [0.4, 0.5) is 5.95 Å². The molecule has 7 heteroatoms. The predicted molar refractivity (Wildman–Crippen MR) is 121 cm³/mol. The van der Waals surface area contributed by atoms with Crippen molar-refractivity contribution in [2.24, 2.45) is 0 Å². The van der Waals surface area contributed by atoms with E-state index in [1.54, 1.807) is 0 Å². The molecule has 4 N–H and O–H groups in total. The molecule has 1 aliphatic rings. The fourth-order valence-electron chi connectivity index (χ4n) is 4.17. The summed E-state index contributed by atoms with van der Waals surface area (Å²) in [6.45, 7) is 2.98. The van der Waals surface area contributed by atoms with Crippen LogP contribution in [0.3, 0.4) is 0 Å². The topological polar surface area (TPSA) is 110 Å². The third-order valence-electron chi connectivity index (χ3n) is 6.00. The number of hydrogen-bond donors (Lipinski definition) is 3. The number of amides is 2. The van der Waals surface area contributed by atoms with Crippen molar-refractivity contribution in [2.75, 3.05) is 18.8 Å². The van der Waals surface area contributed by atoms with Gasteiger partial charge >= 0.3 is 0 Å². The number of likely N-dealkylation sites (N-methyl/N-ethyl adjacent to an activating group) is 1. The van der Waals surface area contributed by atoms with Crippen molar-refractivity contribution in [3.63, 3.8) is 0 Å². The van der Waals surface area contributed by atoms with E-state index >= 15 is 0 Å². The fourth-order valence-corrected chi connectivity index (χ4v) is 4.17. The minimum Gasteiger partial charge on any atom is -0.368 e. The lowest BCUT2D eigenvalue weighted by atomic mass is 9.63. The second-order valence-electron chi connectivity index (χ2n) is 7.95. The van der Waals surface area contributed by atoms with Crippen molar-refractivity contribution in [3.05, 3.63) is 65.4 Å². The van der Waals surface area contributed by atoms with E-state index in [1.165, 1.54) is 0 Å². The molecule has 3 aromatic rings. The maximum atomic E-state index is 12.9. The molecule has 4 rings (SSSR count). The molecule has 1 aliphatic carbocycles. The molecule has 2 amide bonds. The largest absolute Gasteiger partial charge is 0.368 e. The van der Waals surface area contributed by atoms with E-state index in [-0.39, 0.29) is 23.5 Å². The number of nitrogen functional groups attached to an aromatic ring is 1. The van der Waals surface area contributed by atoms with Gasteiger partial charge in [-0.2, -0.15) is 0 Å². The van der Waals surface area contributed by atoms with Crippen LogP contribution in [0.2, 0.25) is 0 Å². The average Bonchev–Trinajstić information content (AvgIpc) is 2.73. The van der Waals surface area contributed by atoms with Gasteiger partial charge in [0.2, 0.25) is 11.9 Å². The van der Waals surface area contributed by atoms with Crippen LogP contribution in [0.15, 0.2) is 48.5 Å². The Bertz CT molecular complexity index is 1110. The first-order valence-corrected chi connectivity index (χ1v) is 10.7. The monoisotopic (exact) mass is 417 g/mol. The highest BCUT2D eigenvalue weighted by Gasteiger charge is 2.45. The Labute approximate surface area is 181 Å². The molecule has 1 aromatic heterocycles. The lowest BCUT2D eigenvalue weighted by molar-refractivity contribution is -0.129. The van der Waals surface area contributed by atoms with Crippen LogP contribution >= 0.6 is 0 Å². The Morgan fingerprint density at radius 3 is 2.52 bits per heavy atom. The van der Waals surface area contributed by atoms with E-state index in [1.807, 2.05) is 55.5 Å². The number of carbonyl (C=O) groups excluding carboxylic acids is 2. The smallest absolute Gasteiger partial charge is 0.270 e. The normalized spacial score (nSPS) is 14.6. The highest BCUT2D eigenvalue weighted by Crippen LogP contribution is 2.44. The zero-order chi connectivity index (χ0) is 21.8. The molecule has 0 unspecified atom stereocenters. The number of rotatable bonds is 7. The van der Waals surface area contributed by atoms with E-state index in [2.05, 4.69) is 20.6 Å². The molecule has 1 heterocycles. The summed E-state index contributed by atoms with van der Waals surface area (Å²) in [5, 5.41) is 6.50. The summed E-state index contributed by atoms with van der Waals surface area (Å²) in [6.07, 6.45) is 3.30. The SMILES string of the molecule is CCNC(=O)C1(c2ccc3nc(N)nc(C(=O)NCCc4ccccc4)c3c2)CCC1. The molecule has 0 atom stereocenters. The van der Waals surface area contributed by atoms with Gasteiger partial charge in [0.1, 0.15) is 5.69 Å². The first kappa shape index (κ1) is 20.8. The van der Waals surface area contributed by atoms with Crippen molar-refractivity contribution in [1.29, 1.82) is 0 Å². The summed E-state index contributed by atoms with van der Waals surface area (Å²) in [7, 11) is 0. The first-order valence-electron chi connectivity index (χ1n) is 10.7. The van der Waals surface area contributed by atoms with Crippen LogP contribution in [0, 0.1) is 0 Å². The number of aromatic nitrogens is 2. The lowest BCUT2D eigenvalue weighted by Crippen LogP contribution is -2.49. The Kier molecular flexibility index (Phi) is 5.84. The number of nitrogens with two attached hydrogens (primary N) is 1. The van der Waals surface area contributed by atoms with E-state index in [0.717, 1.165) is 36.8 Å². The molecule has 0 radical (unpaired) electrons. The van der Waals surface area contributed by atoms with Crippen LogP contribution in [0.1, 0.15) is 47.8 Å². The van der Waals surface area contributed by atoms with E-state index in [4.69, 9.17) is 5.73 Å². The molecule has 0 aliphatic heterocycles. The van der Waals surface area contributed by atoms with Crippen LogP contribution < -0.4 is 16.4 Å². The van der Waals surface area contributed by atoms with E-state index < -0.39 is 5.41 Å². The molecule has 0 spiro atoms. The van der Waals surface area contributed by atoms with Crippen molar-refractivity contribution in [1.82, 2.24) is 20.6 Å². The van der Waals surface area contributed by atoms with Crippen molar-refractivity contribution >= 4 is 28.7 Å². The van der Waals surface area contributed by atoms with Crippen LogP contribution in [0.5, 0.6) is 0 Å². The zero-order valence-electron chi connectivity index (χ0n) is 17.6. The van der Waals surface area contributed by atoms with Gasteiger partial charge in [-0.25, -0.2) is 9.97 Å². The molecular weight excluding hydrogens is 390 g/mol. The zero-order valence-corrected chi connectivity index (χ0v) is 17.6. The molecule has 0 saturated heterocycles. The minimum atomic E-state index is -0.549. The van der Waals surface area contributed by atoms with Gasteiger partial charge < -0.3 is 16.4 Å². The lowest BCUT2D eigenvalue weighted by Gasteiger charge is -2.40. The van der Waals surface area contributed by atoms with Gasteiger partial charge in [0, 0.05) is 18.5 Å². The fraction of sp³-hybridized carbons (Fsp3) is 0.333. The first-order chi connectivity index (χ1) is 15.0. The third-order valence-corrected chi connectivity index (χ3v) is 6.00. The van der Waals surface area contributed by atoms with Crippen LogP contribution in [-0.4, -0.2) is 34.9 Å². The standard InChI is InChI=1S/C24H27N5O2/c1-2-26-22(31)24(12-6-13-24)17-9-10-19-18(15-17)20(29-23(25)28-19)21(30)27-14-11-16-7-4-3-5-8-16/h3-5,7-10,15H,2,6,11-14H2,1H3,(H,26,31)(H,27,30)(H2,25,28,29). The summed E-state index contributed by atoms with van der Waals surface area (Å²) in [5.41, 5.74) is 8.18. The summed E-state index contributed by atoms with van der Waals surface area (Å²) < 4.78 is 0. The highest BCUT2D eigenvalue weighted by molar-refractivity contribution is 6.05. The quantitative estimate of drug-likeness (QED) is 0.548. The predicted octanol–water partition coefficient (Wildman–Crippen LogP) is 2.74. The number of hydrogen-bond acceptors (Lipinski definition) is 5. The number of fused-ring (bicyclic) bond motifs is 1. The summed E-state index contributed by atoms with van der Waals surface area (Å²) in [4.78, 5) is 34.2. The second kappa shape index (κ2) is 8.71. The average molecular weight is 418 g/mol. The van der Waals surface area contributed by atoms with Crippen LogP contribution in [-0.2, 0) is 16.6 Å². The van der Waals surface area contributed by atoms with Gasteiger partial charge in [-0.1, -0.05) is 42.8 Å². The molecule has 0 bridgehead atoms. The molecule has 1 saturated carbocycles. The van der Waals surface area contributed by atoms with Gasteiger partial charge in [-0.3, -0.25) is 9.59 Å². The maximum absolute atomic E-state index is 12.9. The van der Waals surface area contributed by atoms with Crippen molar-refractivity contribution in [2.45, 2.75) is 38.0 Å². The Hall–Kier alpha value is -3.48. The van der Waals surface area contributed by atoms with Gasteiger partial charge in [0.25, 0.3) is 5.91 Å². The number of carbonyl (C=O) groups is 2. The minimum absolute atomic E-state index is 0.0332. The van der Waals surface area contributed by atoms with E-state index in [0.29, 0.717) is 24.0 Å². The summed E-state index contributed by atoms with van der Waals surface area (Å²) in [6, 6.07) is 15.6. The molecule has 160 valence electrons. The van der Waals surface area contributed by atoms with Gasteiger partial charge in [-0.05, 0) is 49.4 Å². The third kappa shape index (κ3) is 4.08. The Morgan fingerprint density at radius 1 is 1.06 bits per heavy atom. The molecule has 7 nitrogen and oxygen atoms in total. The Balaban J connectivity index is 1.62. The van der Waals surface area contributed by atoms with Gasteiger partial charge in [0.15, 0.2) is 0 Å². The molecule has 31 heavy (non-hydrogen) atoms. The second-order valence-corrected chi connectivity index (χ2v) is 7.95. The van der Waals surface area contributed by atoms with Crippen LogP contribution in [0.25, 0.3) is 10.9 Å². The number of nitrogens with one attached hydrogen (secondary N) is 2.